The molecule has 158 valence electrons. The summed E-state index contributed by atoms with van der Waals surface area (Å²) in [6, 6.07) is 0. The summed E-state index contributed by atoms with van der Waals surface area (Å²) in [6.45, 7) is 9.91. The van der Waals surface area contributed by atoms with Gasteiger partial charge in [-0.05, 0) is 111 Å². The lowest BCUT2D eigenvalue weighted by Crippen LogP contribution is -2.48. The lowest BCUT2D eigenvalue weighted by atomic mass is 9.48. The van der Waals surface area contributed by atoms with E-state index < -0.39 is 0 Å². The molecular formula is C27H44O. The molecule has 0 saturated heterocycles. The Morgan fingerprint density at radius 1 is 1.11 bits per heavy atom. The molecule has 0 aliphatic heterocycles. The summed E-state index contributed by atoms with van der Waals surface area (Å²) < 4.78 is 0. The molecule has 3 fully saturated rings. The maximum atomic E-state index is 9.15. The number of aliphatic hydroxyl groups excluding tert-OH is 1. The Balaban J connectivity index is 1.48. The first-order chi connectivity index (χ1) is 13.4. The first kappa shape index (κ1) is 20.5. The maximum absolute atomic E-state index is 9.15. The summed E-state index contributed by atoms with van der Waals surface area (Å²) in [5.74, 6) is 4.46. The van der Waals surface area contributed by atoms with Crippen molar-refractivity contribution in [1.29, 1.82) is 0 Å². The van der Waals surface area contributed by atoms with Gasteiger partial charge in [-0.3, -0.25) is 0 Å². The Hall–Kier alpha value is -0.720. The van der Waals surface area contributed by atoms with Gasteiger partial charge in [0.05, 0.1) is 6.26 Å². The number of fused-ring (bicyclic) bond motifs is 5. The average Bonchev–Trinajstić information content (AvgIpc) is 3.04. The first-order valence-corrected chi connectivity index (χ1v) is 12.4. The third kappa shape index (κ3) is 3.29. The average molecular weight is 385 g/mol. The van der Waals surface area contributed by atoms with Gasteiger partial charge in [-0.1, -0.05) is 51.7 Å². The topological polar surface area (TPSA) is 20.2 Å². The maximum Gasteiger partial charge on any atom is 0.0780 e. The number of aliphatic hydroxyl groups is 1. The predicted molar refractivity (Wildman–Crippen MR) is 119 cm³/mol. The van der Waals surface area contributed by atoms with Crippen molar-refractivity contribution in [1.82, 2.24) is 0 Å². The fourth-order valence-electron chi connectivity index (χ4n) is 8.49. The molecular weight excluding hydrogens is 340 g/mol. The number of allylic oxidation sites excluding steroid dienone is 3. The molecule has 0 bridgehead atoms. The van der Waals surface area contributed by atoms with E-state index in [0.717, 1.165) is 41.6 Å². The van der Waals surface area contributed by atoms with Gasteiger partial charge < -0.3 is 5.11 Å². The Morgan fingerprint density at radius 3 is 2.68 bits per heavy atom. The second kappa shape index (κ2) is 7.84. The second-order valence-electron chi connectivity index (χ2n) is 11.6. The van der Waals surface area contributed by atoms with Crippen molar-refractivity contribution in [2.45, 2.75) is 105 Å². The van der Waals surface area contributed by atoms with E-state index in [9.17, 15) is 0 Å². The minimum atomic E-state index is 0.543. The summed E-state index contributed by atoms with van der Waals surface area (Å²) in [6.07, 6.45) is 20.8. The molecule has 4 rings (SSSR count). The zero-order chi connectivity index (χ0) is 19.9. The van der Waals surface area contributed by atoms with Gasteiger partial charge in [0, 0.05) is 0 Å². The summed E-state index contributed by atoms with van der Waals surface area (Å²) in [5, 5.41) is 9.15. The molecule has 4 aliphatic rings. The second-order valence-corrected chi connectivity index (χ2v) is 11.6. The third-order valence-electron chi connectivity index (χ3n) is 10.2. The molecule has 7 atom stereocenters. The van der Waals surface area contributed by atoms with Crippen LogP contribution in [0.5, 0.6) is 0 Å². The predicted octanol–water partition coefficient (Wildman–Crippen LogP) is 8.22. The van der Waals surface area contributed by atoms with E-state index in [1.54, 1.807) is 0 Å². The Bertz CT molecular complexity index is 630. The van der Waals surface area contributed by atoms with Gasteiger partial charge in [0.1, 0.15) is 0 Å². The zero-order valence-electron chi connectivity index (χ0n) is 19.0. The molecule has 0 aromatic rings. The van der Waals surface area contributed by atoms with Crippen LogP contribution < -0.4 is 0 Å². The van der Waals surface area contributed by atoms with Gasteiger partial charge in [0.2, 0.25) is 0 Å². The largest absolute Gasteiger partial charge is 0.516 e. The molecule has 1 unspecified atom stereocenters. The van der Waals surface area contributed by atoms with Crippen molar-refractivity contribution in [2.75, 3.05) is 0 Å². The normalized spacial score (nSPS) is 44.3. The van der Waals surface area contributed by atoms with Crippen LogP contribution in [0.25, 0.3) is 0 Å². The Labute approximate surface area is 174 Å². The summed E-state index contributed by atoms with van der Waals surface area (Å²) >= 11 is 0. The highest BCUT2D eigenvalue weighted by molar-refractivity contribution is 5.27. The lowest BCUT2D eigenvalue weighted by Gasteiger charge is -2.57. The SMILES string of the molecule is CC(=CO)CCC[C@@H](C)[C@H]1CC[C@H]2C3=CCC4CCCC[C@]4(C)[C@H]3CC[C@]12C. The van der Waals surface area contributed by atoms with E-state index in [4.69, 9.17) is 5.11 Å². The fourth-order valence-corrected chi connectivity index (χ4v) is 8.49. The van der Waals surface area contributed by atoms with E-state index in [2.05, 4.69) is 26.8 Å². The van der Waals surface area contributed by atoms with Gasteiger partial charge in [-0.15, -0.1) is 0 Å². The van der Waals surface area contributed by atoms with Crippen LogP contribution in [0, 0.1) is 40.4 Å². The van der Waals surface area contributed by atoms with Crippen LogP contribution in [0.2, 0.25) is 0 Å². The Kier molecular flexibility index (Phi) is 5.75. The highest BCUT2D eigenvalue weighted by Gasteiger charge is 2.57. The molecule has 28 heavy (non-hydrogen) atoms. The third-order valence-corrected chi connectivity index (χ3v) is 10.2. The first-order valence-electron chi connectivity index (χ1n) is 12.4. The fraction of sp³-hybridized carbons (Fsp3) is 0.852. The smallest absolute Gasteiger partial charge is 0.0780 e. The van der Waals surface area contributed by atoms with Crippen LogP contribution in [0.4, 0.5) is 0 Å². The molecule has 0 aromatic heterocycles. The molecule has 1 heteroatoms. The van der Waals surface area contributed by atoms with Gasteiger partial charge in [-0.2, -0.15) is 0 Å². The van der Waals surface area contributed by atoms with E-state index in [1.165, 1.54) is 76.9 Å². The Morgan fingerprint density at radius 2 is 1.89 bits per heavy atom. The summed E-state index contributed by atoms with van der Waals surface area (Å²) in [7, 11) is 0. The molecule has 3 saturated carbocycles. The van der Waals surface area contributed by atoms with Gasteiger partial charge >= 0.3 is 0 Å². The monoisotopic (exact) mass is 384 g/mol. The quantitative estimate of drug-likeness (QED) is 0.374. The van der Waals surface area contributed by atoms with Crippen LogP contribution in [0.3, 0.4) is 0 Å². The van der Waals surface area contributed by atoms with Crippen molar-refractivity contribution < 1.29 is 5.11 Å². The van der Waals surface area contributed by atoms with Crippen LogP contribution in [0.1, 0.15) is 105 Å². The van der Waals surface area contributed by atoms with Crippen molar-refractivity contribution in [3.63, 3.8) is 0 Å². The molecule has 0 radical (unpaired) electrons. The molecule has 0 spiro atoms. The lowest BCUT2D eigenvalue weighted by molar-refractivity contribution is -0.00794. The van der Waals surface area contributed by atoms with E-state index in [0.29, 0.717) is 10.8 Å². The standard InChI is InChI=1S/C27H44O/c1-19(18-28)8-7-9-20(2)23-13-14-24-22-12-11-21-10-5-6-16-26(21,3)25(22)15-17-27(23,24)4/h12,18,20-21,23-25,28H,5-11,13-17H2,1-4H3/t20-,21?,23-,24+,25+,26+,27-/m1/s1. The van der Waals surface area contributed by atoms with Gasteiger partial charge in [-0.25, -0.2) is 0 Å². The minimum absolute atomic E-state index is 0.543. The van der Waals surface area contributed by atoms with Gasteiger partial charge in [0.15, 0.2) is 0 Å². The van der Waals surface area contributed by atoms with E-state index in [-0.39, 0.29) is 0 Å². The van der Waals surface area contributed by atoms with Crippen LogP contribution >= 0.6 is 0 Å². The minimum Gasteiger partial charge on any atom is -0.516 e. The molecule has 0 amide bonds. The molecule has 4 aliphatic carbocycles. The molecule has 1 nitrogen and oxygen atoms in total. The molecule has 1 N–H and O–H groups in total. The number of rotatable bonds is 5. The summed E-state index contributed by atoms with van der Waals surface area (Å²) in [5.41, 5.74) is 4.21. The van der Waals surface area contributed by atoms with Crippen molar-refractivity contribution in [3.8, 4) is 0 Å². The van der Waals surface area contributed by atoms with E-state index in [1.807, 2.05) is 12.5 Å². The van der Waals surface area contributed by atoms with Gasteiger partial charge in [0.25, 0.3) is 0 Å². The zero-order valence-corrected chi connectivity index (χ0v) is 19.0. The van der Waals surface area contributed by atoms with Crippen molar-refractivity contribution in [3.05, 3.63) is 23.5 Å². The summed E-state index contributed by atoms with van der Waals surface area (Å²) in [4.78, 5) is 0. The number of hydrogen-bond donors (Lipinski definition) is 1. The van der Waals surface area contributed by atoms with Crippen molar-refractivity contribution >= 4 is 0 Å². The highest BCUT2D eigenvalue weighted by Crippen LogP contribution is 2.66. The van der Waals surface area contributed by atoms with E-state index >= 15 is 0 Å². The highest BCUT2D eigenvalue weighted by atomic mass is 16.2. The van der Waals surface area contributed by atoms with Crippen LogP contribution in [-0.2, 0) is 0 Å². The molecule has 0 aromatic carbocycles. The van der Waals surface area contributed by atoms with Crippen LogP contribution in [-0.4, -0.2) is 5.11 Å². The van der Waals surface area contributed by atoms with Crippen LogP contribution in [0.15, 0.2) is 23.5 Å². The molecule has 0 heterocycles. The van der Waals surface area contributed by atoms with Crippen molar-refractivity contribution in [2.24, 2.45) is 40.4 Å². The number of hydrogen-bond acceptors (Lipinski definition) is 1.